The van der Waals surface area contributed by atoms with Crippen LogP contribution in [0.15, 0.2) is 52.4 Å². The van der Waals surface area contributed by atoms with E-state index in [4.69, 9.17) is 14.5 Å². The summed E-state index contributed by atoms with van der Waals surface area (Å²) in [5.41, 5.74) is 4.26. The fourth-order valence-corrected chi connectivity index (χ4v) is 4.93. The second-order valence-electron chi connectivity index (χ2n) is 9.12. The highest BCUT2D eigenvalue weighted by Crippen LogP contribution is 2.37. The van der Waals surface area contributed by atoms with Crippen molar-refractivity contribution in [2.45, 2.75) is 64.0 Å². The highest BCUT2D eigenvalue weighted by atomic mass is 16.7. The molecule has 8 heteroatoms. The summed E-state index contributed by atoms with van der Waals surface area (Å²) >= 11 is 0. The first kappa shape index (κ1) is 20.1. The monoisotopic (exact) mass is 442 g/mol. The van der Waals surface area contributed by atoms with Crippen LogP contribution < -0.4 is 0 Å². The van der Waals surface area contributed by atoms with Gasteiger partial charge in [-0.3, -0.25) is 9.67 Å². The van der Waals surface area contributed by atoms with E-state index in [-0.39, 0.29) is 0 Å². The molecule has 168 valence electrons. The van der Waals surface area contributed by atoms with Gasteiger partial charge in [-0.2, -0.15) is 10.1 Å². The molecule has 33 heavy (non-hydrogen) atoms. The topological polar surface area (TPSA) is 91.2 Å². The van der Waals surface area contributed by atoms with Crippen LogP contribution in [-0.2, 0) is 16.9 Å². The van der Waals surface area contributed by atoms with Crippen molar-refractivity contribution in [3.63, 3.8) is 0 Å². The summed E-state index contributed by atoms with van der Waals surface area (Å²) in [5.74, 6) is 0.899. The third kappa shape index (κ3) is 3.41. The van der Waals surface area contributed by atoms with Crippen LogP contribution in [0.4, 0.5) is 0 Å². The number of aromatic nitrogens is 5. The molecule has 1 aromatic carbocycles. The number of aryl methyl sites for hydroxylation is 1. The van der Waals surface area contributed by atoms with Gasteiger partial charge in [0.05, 0.1) is 28.5 Å². The van der Waals surface area contributed by atoms with Crippen molar-refractivity contribution in [1.82, 2.24) is 24.9 Å². The molecule has 0 amide bonds. The molecular formula is C25H26N6O2. The van der Waals surface area contributed by atoms with Gasteiger partial charge in [0.15, 0.2) is 0 Å². The molecule has 6 rings (SSSR count). The molecule has 2 aliphatic rings. The van der Waals surface area contributed by atoms with Gasteiger partial charge < -0.3 is 9.36 Å². The summed E-state index contributed by atoms with van der Waals surface area (Å²) in [6, 6.07) is 10.7. The molecule has 3 aromatic heterocycles. The number of oxime groups is 1. The van der Waals surface area contributed by atoms with E-state index < -0.39 is 5.60 Å². The molecule has 8 nitrogen and oxygen atoms in total. The van der Waals surface area contributed by atoms with Gasteiger partial charge in [0.1, 0.15) is 0 Å². The van der Waals surface area contributed by atoms with Crippen molar-refractivity contribution in [2.24, 2.45) is 5.16 Å². The molecule has 1 unspecified atom stereocenters. The Labute approximate surface area is 191 Å². The van der Waals surface area contributed by atoms with E-state index in [2.05, 4.69) is 50.1 Å². The van der Waals surface area contributed by atoms with Crippen molar-refractivity contribution in [3.05, 3.63) is 59.8 Å². The Hall–Kier alpha value is -3.55. The van der Waals surface area contributed by atoms with Crippen molar-refractivity contribution >= 4 is 16.6 Å². The summed E-state index contributed by atoms with van der Waals surface area (Å²) in [4.78, 5) is 14.6. The quantitative estimate of drug-likeness (QED) is 0.422. The maximum absolute atomic E-state index is 5.88. The first-order chi connectivity index (χ1) is 16.1. The molecule has 0 bridgehead atoms. The normalized spacial score (nSPS) is 21.0. The molecule has 0 N–H and O–H groups in total. The molecule has 1 saturated carbocycles. The molecule has 4 heterocycles. The fraction of sp³-hybridized carbons (Fsp3) is 0.400. The van der Waals surface area contributed by atoms with E-state index in [1.165, 1.54) is 36.6 Å². The van der Waals surface area contributed by atoms with Crippen molar-refractivity contribution < 1.29 is 9.36 Å². The van der Waals surface area contributed by atoms with E-state index in [0.717, 1.165) is 29.0 Å². The molecule has 4 aromatic rings. The number of benzene rings is 1. The van der Waals surface area contributed by atoms with Crippen LogP contribution in [0.1, 0.15) is 69.1 Å². The number of fused-ring (bicyclic) bond motifs is 1. The Balaban J connectivity index is 1.30. The van der Waals surface area contributed by atoms with Crippen molar-refractivity contribution in [2.75, 3.05) is 0 Å². The van der Waals surface area contributed by atoms with Gasteiger partial charge in [-0.25, -0.2) is 0 Å². The van der Waals surface area contributed by atoms with Crippen molar-refractivity contribution in [3.8, 4) is 11.5 Å². The largest absolute Gasteiger partial charge is 0.380 e. The van der Waals surface area contributed by atoms with Gasteiger partial charge in [0.2, 0.25) is 11.4 Å². The summed E-state index contributed by atoms with van der Waals surface area (Å²) < 4.78 is 7.72. The number of hydrogen-bond donors (Lipinski definition) is 0. The minimum absolute atomic E-state index is 0.422. The maximum Gasteiger partial charge on any atom is 0.259 e. The molecule has 1 aliphatic heterocycles. The minimum Gasteiger partial charge on any atom is -0.380 e. The van der Waals surface area contributed by atoms with Crippen LogP contribution in [-0.4, -0.2) is 30.6 Å². The van der Waals surface area contributed by atoms with Gasteiger partial charge >= 0.3 is 0 Å². The highest BCUT2D eigenvalue weighted by Gasteiger charge is 2.41. The van der Waals surface area contributed by atoms with E-state index in [1.54, 1.807) is 12.4 Å². The minimum atomic E-state index is -0.783. The predicted molar refractivity (Wildman–Crippen MR) is 124 cm³/mol. The number of pyridine rings is 1. The second kappa shape index (κ2) is 7.79. The SMILES string of the molecule is CCc1nn(C2CCCC2)c2cc(C3=NOC(C)(c4noc(-c5cccnc5)n4)C3)ccc12. The van der Waals surface area contributed by atoms with Gasteiger partial charge in [0.25, 0.3) is 5.89 Å². The van der Waals surface area contributed by atoms with E-state index in [0.29, 0.717) is 24.2 Å². The zero-order valence-corrected chi connectivity index (χ0v) is 18.9. The zero-order chi connectivity index (χ0) is 22.4. The first-order valence-corrected chi connectivity index (χ1v) is 11.7. The first-order valence-electron chi connectivity index (χ1n) is 11.7. The summed E-state index contributed by atoms with van der Waals surface area (Å²) in [6.45, 7) is 4.11. The molecule has 0 saturated heterocycles. The Kier molecular flexibility index (Phi) is 4.74. The lowest BCUT2D eigenvalue weighted by Gasteiger charge is -2.16. The third-order valence-corrected chi connectivity index (χ3v) is 6.79. The van der Waals surface area contributed by atoms with Gasteiger partial charge in [0, 0.05) is 29.8 Å². The molecular weight excluding hydrogens is 416 g/mol. The average Bonchev–Trinajstić information content (AvgIpc) is 3.65. The van der Waals surface area contributed by atoms with Crippen molar-refractivity contribution in [1.29, 1.82) is 0 Å². The lowest BCUT2D eigenvalue weighted by Crippen LogP contribution is -2.23. The number of nitrogens with zero attached hydrogens (tertiary/aromatic N) is 6. The Morgan fingerprint density at radius 2 is 2.03 bits per heavy atom. The van der Waals surface area contributed by atoms with Gasteiger partial charge in [-0.15, -0.1) is 0 Å². The van der Waals surface area contributed by atoms with E-state index >= 15 is 0 Å². The Morgan fingerprint density at radius 3 is 2.82 bits per heavy atom. The highest BCUT2D eigenvalue weighted by molar-refractivity contribution is 6.04. The van der Waals surface area contributed by atoms with Gasteiger partial charge in [-0.05, 0) is 44.4 Å². The van der Waals surface area contributed by atoms with Crippen LogP contribution in [0, 0.1) is 0 Å². The van der Waals surface area contributed by atoms with Crippen LogP contribution in [0.5, 0.6) is 0 Å². The van der Waals surface area contributed by atoms with Crippen LogP contribution >= 0.6 is 0 Å². The lowest BCUT2D eigenvalue weighted by atomic mass is 9.94. The molecule has 1 fully saturated rings. The molecule has 0 radical (unpaired) electrons. The fourth-order valence-electron chi connectivity index (χ4n) is 4.93. The smallest absolute Gasteiger partial charge is 0.259 e. The predicted octanol–water partition coefficient (Wildman–Crippen LogP) is 5.20. The lowest BCUT2D eigenvalue weighted by molar-refractivity contribution is -0.0159. The maximum atomic E-state index is 5.88. The summed E-state index contributed by atoms with van der Waals surface area (Å²) in [5, 5.41) is 14.8. The van der Waals surface area contributed by atoms with Crippen LogP contribution in [0.2, 0.25) is 0 Å². The standard InChI is InChI=1S/C25H26N6O2/c1-3-20-19-11-10-16(13-22(19)31(28-20)18-8-4-5-9-18)21-14-25(2,33-29-21)24-27-23(32-30-24)17-7-6-12-26-15-17/h6-7,10-13,15,18H,3-5,8-9,14H2,1-2H3. The molecule has 1 aliphatic carbocycles. The average molecular weight is 443 g/mol. The molecule has 1 atom stereocenters. The number of rotatable bonds is 5. The summed E-state index contributed by atoms with van der Waals surface area (Å²) in [6.07, 6.45) is 9.84. The van der Waals surface area contributed by atoms with E-state index in [9.17, 15) is 0 Å². The Bertz CT molecular complexity index is 1340. The number of hydrogen-bond acceptors (Lipinski definition) is 7. The third-order valence-electron chi connectivity index (χ3n) is 6.79. The van der Waals surface area contributed by atoms with Crippen LogP contribution in [0.25, 0.3) is 22.4 Å². The summed E-state index contributed by atoms with van der Waals surface area (Å²) in [7, 11) is 0. The van der Waals surface area contributed by atoms with Gasteiger partial charge in [-0.1, -0.05) is 42.2 Å². The van der Waals surface area contributed by atoms with E-state index in [1.807, 2.05) is 19.1 Å². The Morgan fingerprint density at radius 1 is 1.15 bits per heavy atom. The molecule has 0 spiro atoms. The zero-order valence-electron chi connectivity index (χ0n) is 18.9. The van der Waals surface area contributed by atoms with Crippen LogP contribution in [0.3, 0.4) is 0 Å². The second-order valence-corrected chi connectivity index (χ2v) is 9.12.